The van der Waals surface area contributed by atoms with E-state index in [1.165, 1.54) is 22.8 Å². The van der Waals surface area contributed by atoms with Crippen LogP contribution in [0.2, 0.25) is 0 Å². The minimum atomic E-state index is -0.514. The molecule has 0 saturated carbocycles. The van der Waals surface area contributed by atoms with Crippen LogP contribution in [0.5, 0.6) is 5.75 Å². The number of cyclic esters (lactones) is 1. The number of aromatic nitrogens is 3. The minimum Gasteiger partial charge on any atom is -0.487 e. The molecule has 3 heterocycles. The molecule has 0 aliphatic carbocycles. The van der Waals surface area contributed by atoms with Gasteiger partial charge in [0.05, 0.1) is 12.2 Å². The van der Waals surface area contributed by atoms with Gasteiger partial charge in [-0.1, -0.05) is 0 Å². The highest BCUT2D eigenvalue weighted by molar-refractivity contribution is 5.95. The summed E-state index contributed by atoms with van der Waals surface area (Å²) in [7, 11) is 1.86. The highest BCUT2D eigenvalue weighted by atomic mass is 19.1. The predicted molar refractivity (Wildman–Crippen MR) is 96.6 cm³/mol. The molecule has 1 aromatic carbocycles. The zero-order valence-electron chi connectivity index (χ0n) is 15.2. The van der Waals surface area contributed by atoms with Crippen LogP contribution in [0.15, 0.2) is 36.7 Å². The Morgan fingerprint density at radius 3 is 2.89 bits per heavy atom. The van der Waals surface area contributed by atoms with Gasteiger partial charge >= 0.3 is 5.97 Å². The topological polar surface area (TPSA) is 69.0 Å². The molecule has 1 aliphatic heterocycles. The van der Waals surface area contributed by atoms with Gasteiger partial charge < -0.3 is 14.4 Å². The fourth-order valence-corrected chi connectivity index (χ4v) is 3.08. The Morgan fingerprint density at radius 1 is 1.26 bits per heavy atom. The molecule has 0 fully saturated rings. The lowest BCUT2D eigenvalue weighted by Crippen LogP contribution is -2.25. The summed E-state index contributed by atoms with van der Waals surface area (Å²) in [5, 5.41) is 4.15. The molecule has 4 rings (SSSR count). The zero-order valence-corrected chi connectivity index (χ0v) is 15.2. The van der Waals surface area contributed by atoms with E-state index < -0.39 is 12.1 Å². The van der Waals surface area contributed by atoms with E-state index in [1.54, 1.807) is 25.3 Å². The monoisotopic (exact) mass is 370 g/mol. The molecular weight excluding hydrogens is 351 g/mol. The molecular formula is C19H19FN4O3. The molecule has 0 spiro atoms. The standard InChI is InChI=1S/C19H19FN4O3/c1-11-10-26-19(25)15-9-21-24-7-6-17(22-18(15)24)23(3)12(2)14-8-13(20)4-5-16(14)27-11/h4-9,11-12H,10H2,1-3H3/t11-,12?/m0/s1. The predicted octanol–water partition coefficient (Wildman–Crippen LogP) is 3.00. The maximum Gasteiger partial charge on any atom is 0.343 e. The first-order valence-corrected chi connectivity index (χ1v) is 8.64. The number of hydrogen-bond donors (Lipinski definition) is 0. The van der Waals surface area contributed by atoms with Crippen LogP contribution in [0.4, 0.5) is 10.2 Å². The molecule has 3 aromatic rings. The first-order chi connectivity index (χ1) is 12.9. The van der Waals surface area contributed by atoms with Crippen LogP contribution in [0.3, 0.4) is 0 Å². The van der Waals surface area contributed by atoms with Crippen LogP contribution in [-0.2, 0) is 4.74 Å². The van der Waals surface area contributed by atoms with E-state index in [0.29, 0.717) is 22.8 Å². The van der Waals surface area contributed by atoms with Gasteiger partial charge in [0.15, 0.2) is 5.65 Å². The van der Waals surface area contributed by atoms with E-state index >= 15 is 0 Å². The molecule has 27 heavy (non-hydrogen) atoms. The number of ether oxygens (including phenoxy) is 2. The summed E-state index contributed by atoms with van der Waals surface area (Å²) in [6, 6.07) is 5.97. The van der Waals surface area contributed by atoms with E-state index in [9.17, 15) is 9.18 Å². The lowest BCUT2D eigenvalue weighted by atomic mass is 10.1. The molecule has 1 unspecified atom stereocenters. The van der Waals surface area contributed by atoms with Crippen LogP contribution in [0, 0.1) is 5.82 Å². The SMILES string of the molecule is CC1c2cc(F)ccc2O[C@@H](C)COC(=O)c2cnn3ccc(nc23)N1C. The molecule has 140 valence electrons. The molecule has 0 N–H and O–H groups in total. The molecule has 8 heteroatoms. The van der Waals surface area contributed by atoms with Crippen LogP contribution < -0.4 is 9.64 Å². The van der Waals surface area contributed by atoms with Gasteiger partial charge in [0.1, 0.15) is 35.7 Å². The lowest BCUT2D eigenvalue weighted by Gasteiger charge is -2.28. The normalized spacial score (nSPS) is 20.3. The van der Waals surface area contributed by atoms with Gasteiger partial charge in [-0.25, -0.2) is 18.7 Å². The molecule has 0 saturated heterocycles. The van der Waals surface area contributed by atoms with E-state index in [-0.39, 0.29) is 24.0 Å². The maximum absolute atomic E-state index is 13.9. The second kappa shape index (κ2) is 6.53. The number of anilines is 1. The van der Waals surface area contributed by atoms with Gasteiger partial charge in [0.2, 0.25) is 0 Å². The summed E-state index contributed by atoms with van der Waals surface area (Å²) in [6.07, 6.45) is 2.76. The van der Waals surface area contributed by atoms with E-state index in [0.717, 1.165) is 0 Å². The van der Waals surface area contributed by atoms with Crippen molar-refractivity contribution in [1.82, 2.24) is 14.6 Å². The summed E-state index contributed by atoms with van der Waals surface area (Å²) in [6.45, 7) is 3.79. The number of carbonyl (C=O) groups excluding carboxylic acids is 1. The van der Waals surface area contributed by atoms with Crippen LogP contribution in [0.1, 0.15) is 35.8 Å². The second-order valence-electron chi connectivity index (χ2n) is 6.61. The van der Waals surface area contributed by atoms with E-state index in [4.69, 9.17) is 9.47 Å². The summed E-state index contributed by atoms with van der Waals surface area (Å²) >= 11 is 0. The Kier molecular flexibility index (Phi) is 4.18. The molecule has 2 bridgehead atoms. The molecule has 2 aromatic heterocycles. The van der Waals surface area contributed by atoms with E-state index in [1.807, 2.05) is 18.9 Å². The average Bonchev–Trinajstić information content (AvgIpc) is 3.09. The average molecular weight is 370 g/mol. The summed E-state index contributed by atoms with van der Waals surface area (Å²) in [5.74, 6) is 0.302. The third-order valence-corrected chi connectivity index (χ3v) is 4.72. The van der Waals surface area contributed by atoms with Crippen molar-refractivity contribution in [3.63, 3.8) is 0 Å². The number of benzene rings is 1. The number of nitrogens with zero attached hydrogens (tertiary/aromatic N) is 4. The van der Waals surface area contributed by atoms with Crippen molar-refractivity contribution in [2.24, 2.45) is 0 Å². The number of esters is 1. The van der Waals surface area contributed by atoms with Crippen molar-refractivity contribution >= 4 is 17.4 Å². The van der Waals surface area contributed by atoms with Gasteiger partial charge in [-0.15, -0.1) is 0 Å². The highest BCUT2D eigenvalue weighted by Crippen LogP contribution is 2.32. The smallest absolute Gasteiger partial charge is 0.343 e. The first-order valence-electron chi connectivity index (χ1n) is 8.64. The third kappa shape index (κ3) is 3.07. The van der Waals surface area contributed by atoms with Crippen molar-refractivity contribution in [3.05, 3.63) is 53.6 Å². The number of halogens is 1. The Bertz CT molecular complexity index is 1020. The third-order valence-electron chi connectivity index (χ3n) is 4.72. The second-order valence-corrected chi connectivity index (χ2v) is 6.61. The van der Waals surface area contributed by atoms with Crippen molar-refractivity contribution < 1.29 is 18.7 Å². The van der Waals surface area contributed by atoms with Crippen LogP contribution in [-0.4, -0.2) is 40.3 Å². The van der Waals surface area contributed by atoms with Gasteiger partial charge in [-0.05, 0) is 38.1 Å². The molecule has 0 amide bonds. The summed E-state index contributed by atoms with van der Waals surface area (Å²) in [4.78, 5) is 18.9. The van der Waals surface area contributed by atoms with Gasteiger partial charge in [0, 0.05) is 18.8 Å². The summed E-state index contributed by atoms with van der Waals surface area (Å²) in [5.41, 5.74) is 1.38. The maximum atomic E-state index is 13.9. The quantitative estimate of drug-likeness (QED) is 0.567. The summed E-state index contributed by atoms with van der Waals surface area (Å²) < 4.78 is 26.7. The number of rotatable bonds is 0. The minimum absolute atomic E-state index is 0.0525. The number of carbonyl (C=O) groups is 1. The Labute approximate surface area is 155 Å². The lowest BCUT2D eigenvalue weighted by molar-refractivity contribution is 0.0341. The van der Waals surface area contributed by atoms with Gasteiger partial charge in [-0.2, -0.15) is 5.10 Å². The Balaban J connectivity index is 1.87. The molecule has 0 radical (unpaired) electrons. The fraction of sp³-hybridized carbons (Fsp3) is 0.316. The van der Waals surface area contributed by atoms with Crippen molar-refractivity contribution in [1.29, 1.82) is 0 Å². The van der Waals surface area contributed by atoms with Gasteiger partial charge in [-0.3, -0.25) is 0 Å². The molecule has 1 aliphatic rings. The van der Waals surface area contributed by atoms with E-state index in [2.05, 4.69) is 10.1 Å². The van der Waals surface area contributed by atoms with Crippen LogP contribution in [0.25, 0.3) is 5.65 Å². The Hall–Kier alpha value is -3.16. The first kappa shape index (κ1) is 17.3. The zero-order chi connectivity index (χ0) is 19.1. The van der Waals surface area contributed by atoms with Crippen molar-refractivity contribution in [2.75, 3.05) is 18.6 Å². The number of fused-ring (bicyclic) bond motifs is 2. The molecule has 7 nitrogen and oxygen atoms in total. The fourth-order valence-electron chi connectivity index (χ4n) is 3.08. The largest absolute Gasteiger partial charge is 0.487 e. The Morgan fingerprint density at radius 2 is 2.07 bits per heavy atom. The van der Waals surface area contributed by atoms with Crippen molar-refractivity contribution in [3.8, 4) is 5.75 Å². The highest BCUT2D eigenvalue weighted by Gasteiger charge is 2.23. The van der Waals surface area contributed by atoms with Crippen molar-refractivity contribution in [2.45, 2.75) is 26.0 Å². The number of hydrogen-bond acceptors (Lipinski definition) is 6. The van der Waals surface area contributed by atoms with Crippen LogP contribution >= 0.6 is 0 Å². The van der Waals surface area contributed by atoms with Gasteiger partial charge in [0.25, 0.3) is 0 Å². The molecule has 2 atom stereocenters.